The van der Waals surface area contributed by atoms with E-state index < -0.39 is 10.0 Å². The van der Waals surface area contributed by atoms with E-state index in [2.05, 4.69) is 4.90 Å². The Hall–Kier alpha value is -1.24. The summed E-state index contributed by atoms with van der Waals surface area (Å²) in [6, 6.07) is 6.82. The second-order valence-corrected chi connectivity index (χ2v) is 8.80. The first-order valence-corrected chi connectivity index (χ1v) is 9.50. The number of fused-ring (bicyclic) bond motifs is 1. The van der Waals surface area contributed by atoms with Crippen molar-refractivity contribution < 1.29 is 13.2 Å². The summed E-state index contributed by atoms with van der Waals surface area (Å²) in [5.74, 6) is -0.0273. The van der Waals surface area contributed by atoms with Crippen molar-refractivity contribution in [2.75, 3.05) is 13.6 Å². The van der Waals surface area contributed by atoms with E-state index in [1.54, 1.807) is 24.3 Å². The fraction of sp³-hybridized carbons (Fsp3) is 0.588. The number of carbonyl (C=O) groups is 1. The van der Waals surface area contributed by atoms with E-state index in [-0.39, 0.29) is 36.4 Å². The monoisotopic (exact) mass is 336 g/mol. The largest absolute Gasteiger partial charge is 0.299 e. The quantitative estimate of drug-likeness (QED) is 0.824. The molecule has 2 aliphatic rings. The Balaban J connectivity index is 1.95. The third-order valence-electron chi connectivity index (χ3n) is 5.44. The maximum atomic E-state index is 13.0. The van der Waals surface area contributed by atoms with Crippen LogP contribution in [0.2, 0.25) is 0 Å². The Labute approximate surface area is 138 Å². The van der Waals surface area contributed by atoms with Gasteiger partial charge in [-0.05, 0) is 40.0 Å². The molecule has 3 rings (SSSR count). The number of likely N-dealkylation sites (N-methyl/N-ethyl adjacent to an activating group) is 1. The minimum absolute atomic E-state index is 0.0357. The molecule has 2 saturated heterocycles. The van der Waals surface area contributed by atoms with Crippen LogP contribution in [0.15, 0.2) is 29.2 Å². The topological polar surface area (TPSA) is 57.7 Å². The van der Waals surface area contributed by atoms with Crippen molar-refractivity contribution >= 4 is 15.8 Å². The summed E-state index contributed by atoms with van der Waals surface area (Å²) >= 11 is 0. The Kier molecular flexibility index (Phi) is 4.11. The van der Waals surface area contributed by atoms with Gasteiger partial charge in [-0.25, -0.2) is 8.42 Å². The van der Waals surface area contributed by atoms with Crippen molar-refractivity contribution in [1.29, 1.82) is 0 Å². The van der Waals surface area contributed by atoms with Gasteiger partial charge in [0.05, 0.1) is 4.90 Å². The molecule has 23 heavy (non-hydrogen) atoms. The van der Waals surface area contributed by atoms with Gasteiger partial charge in [-0.1, -0.05) is 17.7 Å². The Morgan fingerprint density at radius 3 is 2.35 bits per heavy atom. The van der Waals surface area contributed by atoms with Gasteiger partial charge in [-0.2, -0.15) is 4.31 Å². The molecule has 5 nitrogen and oxygen atoms in total. The van der Waals surface area contributed by atoms with Crippen LogP contribution in [0.25, 0.3) is 0 Å². The molecule has 0 saturated carbocycles. The molecule has 1 aromatic rings. The number of Topliss-reactive ketones (excluding diaryl/α,β-unsaturated/α-hetero) is 1. The zero-order valence-electron chi connectivity index (χ0n) is 14.1. The second kappa shape index (κ2) is 5.69. The molecule has 0 unspecified atom stereocenters. The predicted octanol–water partition coefficient (Wildman–Crippen LogP) is 1.67. The summed E-state index contributed by atoms with van der Waals surface area (Å²) in [5, 5.41) is 0. The third-order valence-corrected chi connectivity index (χ3v) is 7.41. The number of hydrogen-bond acceptors (Lipinski definition) is 4. The first kappa shape index (κ1) is 16.6. The first-order chi connectivity index (χ1) is 10.7. The average molecular weight is 336 g/mol. The van der Waals surface area contributed by atoms with Crippen molar-refractivity contribution in [2.45, 2.75) is 50.2 Å². The number of sulfonamides is 1. The highest BCUT2D eigenvalue weighted by Crippen LogP contribution is 2.37. The fourth-order valence-corrected chi connectivity index (χ4v) is 5.60. The highest BCUT2D eigenvalue weighted by molar-refractivity contribution is 7.89. The van der Waals surface area contributed by atoms with Crippen LogP contribution in [0.4, 0.5) is 0 Å². The van der Waals surface area contributed by atoms with E-state index in [1.807, 2.05) is 27.8 Å². The molecule has 1 aromatic carbocycles. The summed E-state index contributed by atoms with van der Waals surface area (Å²) in [4.78, 5) is 14.9. The lowest BCUT2D eigenvalue weighted by atomic mass is 9.85. The van der Waals surface area contributed by atoms with Crippen molar-refractivity contribution in [1.82, 2.24) is 9.21 Å². The van der Waals surface area contributed by atoms with Crippen LogP contribution in [0, 0.1) is 12.8 Å². The number of hydrogen-bond donors (Lipinski definition) is 0. The summed E-state index contributed by atoms with van der Waals surface area (Å²) in [6.45, 7) is 6.16. The third kappa shape index (κ3) is 2.62. The van der Waals surface area contributed by atoms with Crippen molar-refractivity contribution in [2.24, 2.45) is 5.92 Å². The number of aryl methyl sites for hydroxylation is 1. The van der Waals surface area contributed by atoms with E-state index in [0.29, 0.717) is 11.3 Å². The van der Waals surface area contributed by atoms with Crippen LogP contribution >= 0.6 is 0 Å². The van der Waals surface area contributed by atoms with Gasteiger partial charge in [0, 0.05) is 37.0 Å². The van der Waals surface area contributed by atoms with Gasteiger partial charge in [0.15, 0.2) is 0 Å². The van der Waals surface area contributed by atoms with Gasteiger partial charge in [-0.3, -0.25) is 9.69 Å². The highest BCUT2D eigenvalue weighted by atomic mass is 32.2. The normalized spacial score (nSPS) is 33.0. The lowest BCUT2D eigenvalue weighted by Crippen LogP contribution is -2.54. The zero-order valence-corrected chi connectivity index (χ0v) is 14.9. The van der Waals surface area contributed by atoms with Crippen molar-refractivity contribution in [3.8, 4) is 0 Å². The maximum Gasteiger partial charge on any atom is 0.243 e. The summed E-state index contributed by atoms with van der Waals surface area (Å²) in [7, 11) is -1.58. The lowest BCUT2D eigenvalue weighted by molar-refractivity contribution is -0.129. The molecule has 2 fully saturated rings. The van der Waals surface area contributed by atoms with Gasteiger partial charge >= 0.3 is 0 Å². The lowest BCUT2D eigenvalue weighted by Gasteiger charge is -2.40. The fourth-order valence-electron chi connectivity index (χ4n) is 3.93. The maximum absolute atomic E-state index is 13.0. The minimum atomic E-state index is -3.57. The van der Waals surface area contributed by atoms with E-state index in [9.17, 15) is 13.2 Å². The molecule has 4 atom stereocenters. The number of nitrogens with zero attached hydrogens (tertiary/aromatic N) is 2. The SMILES string of the molecule is Cc1ccc(S(=O)(=O)N2C[C@H]3C(=O)C[C@H](C)N(C)[C@H]3[C@@H]2C)cc1. The molecule has 0 spiro atoms. The number of rotatable bonds is 2. The van der Waals surface area contributed by atoms with Crippen LogP contribution in [0.3, 0.4) is 0 Å². The van der Waals surface area contributed by atoms with Gasteiger partial charge < -0.3 is 0 Å². The van der Waals surface area contributed by atoms with E-state index >= 15 is 0 Å². The number of likely N-dealkylation sites (tertiary alicyclic amines) is 1. The first-order valence-electron chi connectivity index (χ1n) is 8.06. The average Bonchev–Trinajstić information content (AvgIpc) is 2.84. The van der Waals surface area contributed by atoms with E-state index in [4.69, 9.17) is 0 Å². The number of carbonyl (C=O) groups excluding carboxylic acids is 1. The van der Waals surface area contributed by atoms with Crippen molar-refractivity contribution in [3.05, 3.63) is 29.8 Å². The van der Waals surface area contributed by atoms with Gasteiger partial charge in [0.2, 0.25) is 10.0 Å². The van der Waals surface area contributed by atoms with Crippen molar-refractivity contribution in [3.63, 3.8) is 0 Å². The van der Waals surface area contributed by atoms with Crippen LogP contribution in [0.5, 0.6) is 0 Å². The zero-order chi connectivity index (χ0) is 16.9. The van der Waals surface area contributed by atoms with Gasteiger partial charge in [0.1, 0.15) is 5.78 Å². The number of ketones is 1. The minimum Gasteiger partial charge on any atom is -0.299 e. The van der Waals surface area contributed by atoms with E-state index in [1.165, 1.54) is 4.31 Å². The molecule has 126 valence electrons. The molecular formula is C17H24N2O3S. The highest BCUT2D eigenvalue weighted by Gasteiger charge is 2.52. The predicted molar refractivity (Wildman–Crippen MR) is 88.7 cm³/mol. The Morgan fingerprint density at radius 2 is 1.74 bits per heavy atom. The Bertz CT molecular complexity index is 714. The number of benzene rings is 1. The molecular weight excluding hydrogens is 312 g/mol. The molecule has 0 aromatic heterocycles. The van der Waals surface area contributed by atoms with Crippen LogP contribution in [-0.2, 0) is 14.8 Å². The molecule has 2 heterocycles. The van der Waals surface area contributed by atoms with Crippen LogP contribution in [-0.4, -0.2) is 55.1 Å². The van der Waals surface area contributed by atoms with E-state index in [0.717, 1.165) is 5.56 Å². The van der Waals surface area contributed by atoms with Gasteiger partial charge in [-0.15, -0.1) is 0 Å². The van der Waals surface area contributed by atoms with Crippen LogP contribution < -0.4 is 0 Å². The van der Waals surface area contributed by atoms with Gasteiger partial charge in [0.25, 0.3) is 0 Å². The molecule has 6 heteroatoms. The summed E-state index contributed by atoms with van der Waals surface area (Å²) in [5.41, 5.74) is 1.02. The summed E-state index contributed by atoms with van der Waals surface area (Å²) in [6.07, 6.45) is 0.503. The standard InChI is InChI=1S/C17H24N2O3S/c1-11-5-7-14(8-6-11)23(21,22)19-10-15-16(20)9-12(2)18(4)17(15)13(19)3/h5-8,12-13,15,17H,9-10H2,1-4H3/t12-,13-,15-,17-/m0/s1. The molecule has 0 aliphatic carbocycles. The smallest absolute Gasteiger partial charge is 0.243 e. The molecule has 0 amide bonds. The molecule has 0 bridgehead atoms. The second-order valence-electron chi connectivity index (χ2n) is 6.91. The Morgan fingerprint density at radius 1 is 1.13 bits per heavy atom. The summed E-state index contributed by atoms with van der Waals surface area (Å²) < 4.78 is 27.5. The van der Waals surface area contributed by atoms with Crippen LogP contribution in [0.1, 0.15) is 25.8 Å². The number of piperidine rings is 1. The molecule has 2 aliphatic heterocycles. The molecule has 0 radical (unpaired) electrons. The molecule has 0 N–H and O–H groups in total.